The maximum absolute atomic E-state index is 13.3. The summed E-state index contributed by atoms with van der Waals surface area (Å²) < 4.78 is 0. The van der Waals surface area contributed by atoms with E-state index in [9.17, 15) is 9.59 Å². The first kappa shape index (κ1) is 25.0. The van der Waals surface area contributed by atoms with E-state index in [1.807, 2.05) is 45.0 Å². The van der Waals surface area contributed by atoms with E-state index >= 15 is 0 Å². The SMILES string of the molecule is CCCNC(=O)C(CC)N(Cc1ccccc1C)C(=O)CSCc1cc(C)cc(C)c1. The molecule has 31 heavy (non-hydrogen) atoms. The molecule has 2 aromatic rings. The number of carbonyl (C=O) groups is 2. The van der Waals surface area contributed by atoms with Crippen LogP contribution in [0.15, 0.2) is 42.5 Å². The number of rotatable bonds is 11. The second-order valence-corrected chi connectivity index (χ2v) is 9.14. The summed E-state index contributed by atoms with van der Waals surface area (Å²) >= 11 is 1.61. The quantitative estimate of drug-likeness (QED) is 0.524. The molecule has 0 aliphatic rings. The standard InChI is InChI=1S/C26H36N2O2S/c1-6-12-27-26(30)24(7-2)28(16-23-11-9-8-10-21(23)5)25(29)18-31-17-22-14-19(3)13-20(4)15-22/h8-11,13-15,24H,6-7,12,16-18H2,1-5H3,(H,27,30). The van der Waals surface area contributed by atoms with Crippen LogP contribution < -0.4 is 5.32 Å². The first-order valence-corrected chi connectivity index (χ1v) is 12.3. The van der Waals surface area contributed by atoms with Crippen molar-refractivity contribution in [2.45, 2.75) is 65.8 Å². The van der Waals surface area contributed by atoms with Crippen LogP contribution in [-0.4, -0.2) is 35.1 Å². The number of thioether (sulfide) groups is 1. The summed E-state index contributed by atoms with van der Waals surface area (Å²) in [6, 6.07) is 14.1. The lowest BCUT2D eigenvalue weighted by Gasteiger charge is -2.31. The van der Waals surface area contributed by atoms with Gasteiger partial charge in [0, 0.05) is 18.8 Å². The van der Waals surface area contributed by atoms with Crippen molar-refractivity contribution in [1.29, 1.82) is 0 Å². The lowest BCUT2D eigenvalue weighted by molar-refractivity contribution is -0.139. The van der Waals surface area contributed by atoms with E-state index in [4.69, 9.17) is 0 Å². The molecule has 168 valence electrons. The second kappa shape index (κ2) is 12.6. The van der Waals surface area contributed by atoms with Gasteiger partial charge in [-0.25, -0.2) is 0 Å². The highest BCUT2D eigenvalue weighted by Gasteiger charge is 2.28. The molecule has 0 bridgehead atoms. The minimum Gasteiger partial charge on any atom is -0.354 e. The van der Waals surface area contributed by atoms with Gasteiger partial charge in [-0.05, 0) is 50.3 Å². The number of carbonyl (C=O) groups excluding carboxylic acids is 2. The van der Waals surface area contributed by atoms with Gasteiger partial charge < -0.3 is 10.2 Å². The Bertz CT molecular complexity index is 861. The van der Waals surface area contributed by atoms with Crippen molar-refractivity contribution in [3.8, 4) is 0 Å². The number of benzene rings is 2. The molecule has 0 radical (unpaired) electrons. The van der Waals surface area contributed by atoms with Gasteiger partial charge in [-0.1, -0.05) is 67.4 Å². The Balaban J connectivity index is 2.14. The highest BCUT2D eigenvalue weighted by molar-refractivity contribution is 7.99. The third kappa shape index (κ3) is 7.73. The van der Waals surface area contributed by atoms with E-state index in [0.717, 1.165) is 23.3 Å². The van der Waals surface area contributed by atoms with Gasteiger partial charge in [-0.15, -0.1) is 11.8 Å². The zero-order valence-electron chi connectivity index (χ0n) is 19.5. The molecule has 5 heteroatoms. The van der Waals surface area contributed by atoms with Crippen molar-refractivity contribution < 1.29 is 9.59 Å². The summed E-state index contributed by atoms with van der Waals surface area (Å²) in [6.07, 6.45) is 1.47. The van der Waals surface area contributed by atoms with E-state index < -0.39 is 6.04 Å². The van der Waals surface area contributed by atoms with Crippen molar-refractivity contribution >= 4 is 23.6 Å². The first-order chi connectivity index (χ1) is 14.8. The van der Waals surface area contributed by atoms with Crippen LogP contribution in [0.3, 0.4) is 0 Å². The van der Waals surface area contributed by atoms with Crippen LogP contribution in [0.2, 0.25) is 0 Å². The molecule has 2 rings (SSSR count). The number of hydrogen-bond acceptors (Lipinski definition) is 3. The third-order valence-electron chi connectivity index (χ3n) is 5.31. The number of aryl methyl sites for hydroxylation is 3. The van der Waals surface area contributed by atoms with Gasteiger partial charge in [-0.2, -0.15) is 0 Å². The number of nitrogens with zero attached hydrogens (tertiary/aromatic N) is 1. The Morgan fingerprint density at radius 2 is 1.71 bits per heavy atom. The smallest absolute Gasteiger partial charge is 0.242 e. The highest BCUT2D eigenvalue weighted by Crippen LogP contribution is 2.20. The highest BCUT2D eigenvalue weighted by atomic mass is 32.2. The molecule has 0 heterocycles. The molecular formula is C26H36N2O2S. The van der Waals surface area contributed by atoms with Gasteiger partial charge in [0.25, 0.3) is 0 Å². The molecule has 1 atom stereocenters. The summed E-state index contributed by atoms with van der Waals surface area (Å²) in [5, 5.41) is 2.97. The molecule has 1 unspecified atom stereocenters. The summed E-state index contributed by atoms with van der Waals surface area (Å²) in [4.78, 5) is 27.9. The number of hydrogen-bond donors (Lipinski definition) is 1. The van der Waals surface area contributed by atoms with Crippen molar-refractivity contribution in [2.24, 2.45) is 0 Å². The lowest BCUT2D eigenvalue weighted by atomic mass is 10.1. The van der Waals surface area contributed by atoms with Crippen LogP contribution in [0.5, 0.6) is 0 Å². The van der Waals surface area contributed by atoms with Gasteiger partial charge in [0.05, 0.1) is 5.75 Å². The van der Waals surface area contributed by atoms with Crippen LogP contribution in [0, 0.1) is 20.8 Å². The summed E-state index contributed by atoms with van der Waals surface area (Å²) in [6.45, 7) is 11.3. The maximum Gasteiger partial charge on any atom is 0.242 e. The molecule has 0 saturated carbocycles. The topological polar surface area (TPSA) is 49.4 Å². The molecule has 0 spiro atoms. The van der Waals surface area contributed by atoms with Crippen molar-refractivity contribution in [2.75, 3.05) is 12.3 Å². The Morgan fingerprint density at radius 3 is 2.32 bits per heavy atom. The van der Waals surface area contributed by atoms with Gasteiger partial charge in [0.1, 0.15) is 6.04 Å². The lowest BCUT2D eigenvalue weighted by Crippen LogP contribution is -2.49. The van der Waals surface area contributed by atoms with Crippen LogP contribution >= 0.6 is 11.8 Å². The Labute approximate surface area is 191 Å². The average Bonchev–Trinajstić information content (AvgIpc) is 2.72. The molecule has 1 N–H and O–H groups in total. The van der Waals surface area contributed by atoms with Crippen LogP contribution in [0.25, 0.3) is 0 Å². The zero-order chi connectivity index (χ0) is 22.8. The van der Waals surface area contributed by atoms with Crippen molar-refractivity contribution in [3.05, 3.63) is 70.3 Å². The molecule has 4 nitrogen and oxygen atoms in total. The van der Waals surface area contributed by atoms with E-state index in [2.05, 4.69) is 37.4 Å². The van der Waals surface area contributed by atoms with Gasteiger partial charge in [0.2, 0.25) is 11.8 Å². The molecule has 0 saturated heterocycles. The fourth-order valence-corrected chi connectivity index (χ4v) is 4.59. The minimum atomic E-state index is -0.458. The predicted molar refractivity (Wildman–Crippen MR) is 131 cm³/mol. The minimum absolute atomic E-state index is 0.0103. The number of nitrogens with one attached hydrogen (secondary N) is 1. The molecule has 0 fully saturated rings. The number of amides is 2. The first-order valence-electron chi connectivity index (χ1n) is 11.1. The monoisotopic (exact) mass is 440 g/mol. The predicted octanol–water partition coefficient (Wildman–Crippen LogP) is 5.18. The maximum atomic E-state index is 13.3. The van der Waals surface area contributed by atoms with Crippen LogP contribution in [0.4, 0.5) is 0 Å². The summed E-state index contributed by atoms with van der Waals surface area (Å²) in [5.74, 6) is 1.09. The van der Waals surface area contributed by atoms with E-state index in [-0.39, 0.29) is 11.8 Å². The molecule has 2 amide bonds. The third-order valence-corrected chi connectivity index (χ3v) is 6.30. The molecule has 0 aliphatic heterocycles. The Morgan fingerprint density at radius 1 is 1.03 bits per heavy atom. The Hall–Kier alpha value is -2.27. The fraction of sp³-hybridized carbons (Fsp3) is 0.462. The van der Waals surface area contributed by atoms with E-state index in [0.29, 0.717) is 25.3 Å². The zero-order valence-corrected chi connectivity index (χ0v) is 20.3. The Kier molecular flexibility index (Phi) is 10.1. The van der Waals surface area contributed by atoms with Crippen LogP contribution in [0.1, 0.15) is 54.5 Å². The summed E-state index contributed by atoms with van der Waals surface area (Å²) in [7, 11) is 0. The molecule has 0 aliphatic carbocycles. The van der Waals surface area contributed by atoms with E-state index in [1.165, 1.54) is 16.7 Å². The van der Waals surface area contributed by atoms with Crippen molar-refractivity contribution in [1.82, 2.24) is 10.2 Å². The fourth-order valence-electron chi connectivity index (χ4n) is 3.75. The molecule has 2 aromatic carbocycles. The second-order valence-electron chi connectivity index (χ2n) is 8.15. The largest absolute Gasteiger partial charge is 0.354 e. The van der Waals surface area contributed by atoms with E-state index in [1.54, 1.807) is 16.7 Å². The molecular weight excluding hydrogens is 404 g/mol. The van der Waals surface area contributed by atoms with Gasteiger partial charge in [-0.3, -0.25) is 9.59 Å². The normalized spacial score (nSPS) is 11.8. The molecule has 0 aromatic heterocycles. The summed E-state index contributed by atoms with van der Waals surface area (Å²) in [5.41, 5.74) is 5.92. The van der Waals surface area contributed by atoms with Crippen molar-refractivity contribution in [3.63, 3.8) is 0 Å². The van der Waals surface area contributed by atoms with Gasteiger partial charge in [0.15, 0.2) is 0 Å². The average molecular weight is 441 g/mol. The van der Waals surface area contributed by atoms with Gasteiger partial charge >= 0.3 is 0 Å². The van der Waals surface area contributed by atoms with Crippen LogP contribution in [-0.2, 0) is 21.9 Å².